The minimum atomic E-state index is 0.233. The van der Waals surface area contributed by atoms with E-state index in [1.54, 1.807) is 0 Å². The molecule has 0 N–H and O–H groups in total. The van der Waals surface area contributed by atoms with Crippen LogP contribution in [0.15, 0.2) is 24.3 Å². The van der Waals surface area contributed by atoms with Crippen molar-refractivity contribution in [2.75, 3.05) is 13.1 Å². The number of carbonyl (C=O) groups excluding carboxylic acids is 1. The van der Waals surface area contributed by atoms with Crippen LogP contribution in [0.5, 0.6) is 0 Å². The van der Waals surface area contributed by atoms with E-state index in [0.717, 1.165) is 37.9 Å². The molecule has 0 bridgehead atoms. The van der Waals surface area contributed by atoms with E-state index in [9.17, 15) is 4.79 Å². The zero-order chi connectivity index (χ0) is 21.5. The third-order valence-electron chi connectivity index (χ3n) is 6.35. The number of aryl methyl sites for hydroxylation is 1. The predicted molar refractivity (Wildman–Crippen MR) is 128 cm³/mol. The third-order valence-corrected chi connectivity index (χ3v) is 6.35. The number of amides is 1. The average molecular weight is 402 g/mol. The molecule has 166 valence electrons. The van der Waals surface area contributed by atoms with Crippen LogP contribution in [0.2, 0.25) is 0 Å². The molecule has 1 aromatic carbocycles. The van der Waals surface area contributed by atoms with Crippen molar-refractivity contribution >= 4 is 5.91 Å². The Bertz CT molecular complexity index is 518. The minimum absolute atomic E-state index is 0.233. The quantitative estimate of drug-likeness (QED) is 0.275. The van der Waals surface area contributed by atoms with Gasteiger partial charge >= 0.3 is 0 Å². The lowest BCUT2D eigenvalue weighted by Gasteiger charge is -2.31. The van der Waals surface area contributed by atoms with Crippen LogP contribution in [0.1, 0.15) is 115 Å². The van der Waals surface area contributed by atoms with Gasteiger partial charge in [-0.15, -0.1) is 0 Å². The van der Waals surface area contributed by atoms with Gasteiger partial charge in [-0.25, -0.2) is 0 Å². The molecule has 0 heterocycles. The fourth-order valence-corrected chi connectivity index (χ4v) is 4.08. The summed E-state index contributed by atoms with van der Waals surface area (Å²) in [6.45, 7) is 13.1. The number of hydrogen-bond donors (Lipinski definition) is 0. The number of nitrogens with zero attached hydrogens (tertiary/aromatic N) is 1. The first-order valence-electron chi connectivity index (χ1n) is 12.5. The molecule has 1 aromatic rings. The van der Waals surface area contributed by atoms with Gasteiger partial charge in [0.2, 0.25) is 0 Å². The Balaban J connectivity index is 2.92. The topological polar surface area (TPSA) is 20.3 Å². The molecule has 2 nitrogen and oxygen atoms in total. The fraction of sp³-hybridized carbons (Fsp3) is 0.741. The lowest BCUT2D eigenvalue weighted by molar-refractivity contribution is 0.0685. The molecule has 0 aliphatic heterocycles. The summed E-state index contributed by atoms with van der Waals surface area (Å²) in [5.41, 5.74) is 2.21. The molecule has 29 heavy (non-hydrogen) atoms. The van der Waals surface area contributed by atoms with Gasteiger partial charge in [0.25, 0.3) is 5.91 Å². The highest BCUT2D eigenvalue weighted by Crippen LogP contribution is 2.21. The van der Waals surface area contributed by atoms with Crippen molar-refractivity contribution in [2.24, 2.45) is 11.8 Å². The maximum Gasteiger partial charge on any atom is 0.253 e. The maximum atomic E-state index is 13.4. The van der Waals surface area contributed by atoms with Crippen molar-refractivity contribution in [3.63, 3.8) is 0 Å². The highest BCUT2D eigenvalue weighted by atomic mass is 16.2. The lowest BCUT2D eigenvalue weighted by Crippen LogP contribution is -2.39. The summed E-state index contributed by atoms with van der Waals surface area (Å²) in [6, 6.07) is 8.42. The zero-order valence-electron chi connectivity index (χ0n) is 20.0. The van der Waals surface area contributed by atoms with Crippen LogP contribution < -0.4 is 0 Å². The number of carbonyl (C=O) groups is 1. The van der Waals surface area contributed by atoms with Crippen molar-refractivity contribution in [3.8, 4) is 0 Å². The highest BCUT2D eigenvalue weighted by molar-refractivity contribution is 5.94. The number of benzene rings is 1. The van der Waals surface area contributed by atoms with E-state index in [2.05, 4.69) is 63.8 Å². The standard InChI is InChI=1S/C27H47NO/c1-6-11-14-23(9-4)21-28(22-24(10-5)15-12-7-2)27(29)26-19-17-25(18-20-26)16-13-8-3/h17-20,23-24H,6-16,21-22H2,1-5H3. The van der Waals surface area contributed by atoms with E-state index in [1.807, 2.05) is 0 Å². The van der Waals surface area contributed by atoms with Crippen molar-refractivity contribution < 1.29 is 4.79 Å². The minimum Gasteiger partial charge on any atom is -0.338 e. The molecule has 1 amide bonds. The summed E-state index contributed by atoms with van der Waals surface area (Å²) in [5.74, 6) is 1.47. The van der Waals surface area contributed by atoms with Gasteiger partial charge < -0.3 is 4.90 Å². The molecule has 1 rings (SSSR count). The summed E-state index contributed by atoms with van der Waals surface area (Å²) in [5, 5.41) is 0. The Kier molecular flexibility index (Phi) is 13.8. The van der Waals surface area contributed by atoms with Crippen molar-refractivity contribution in [3.05, 3.63) is 35.4 Å². The van der Waals surface area contributed by atoms with E-state index in [0.29, 0.717) is 11.8 Å². The van der Waals surface area contributed by atoms with Crippen molar-refractivity contribution in [1.29, 1.82) is 0 Å². The largest absolute Gasteiger partial charge is 0.338 e. The Morgan fingerprint density at radius 1 is 0.759 bits per heavy atom. The van der Waals surface area contributed by atoms with Gasteiger partial charge in [-0.05, 0) is 55.2 Å². The molecule has 0 aliphatic carbocycles. The van der Waals surface area contributed by atoms with Crippen LogP contribution in [0.4, 0.5) is 0 Å². The molecule has 0 fully saturated rings. The van der Waals surface area contributed by atoms with Crippen LogP contribution in [-0.4, -0.2) is 23.9 Å². The SMILES string of the molecule is CCCCc1ccc(C(=O)N(CC(CC)CCCC)CC(CC)CCCC)cc1. The van der Waals surface area contributed by atoms with E-state index < -0.39 is 0 Å². The molecule has 0 saturated carbocycles. The highest BCUT2D eigenvalue weighted by Gasteiger charge is 2.22. The summed E-state index contributed by atoms with van der Waals surface area (Å²) in [6.07, 6.45) is 13.3. The molecule has 0 spiro atoms. The van der Waals surface area contributed by atoms with E-state index in [1.165, 1.54) is 56.9 Å². The lowest BCUT2D eigenvalue weighted by atomic mass is 9.95. The first-order valence-corrected chi connectivity index (χ1v) is 12.5. The molecule has 2 unspecified atom stereocenters. The van der Waals surface area contributed by atoms with Gasteiger partial charge in [-0.1, -0.05) is 91.7 Å². The van der Waals surface area contributed by atoms with Gasteiger partial charge in [-0.2, -0.15) is 0 Å². The second-order valence-electron chi connectivity index (χ2n) is 8.84. The molecule has 2 heteroatoms. The molecular formula is C27H47NO. The van der Waals surface area contributed by atoms with E-state index in [4.69, 9.17) is 0 Å². The Labute approximate surface area is 181 Å². The molecule has 0 saturated heterocycles. The average Bonchev–Trinajstić information content (AvgIpc) is 2.76. The second-order valence-corrected chi connectivity index (χ2v) is 8.84. The summed E-state index contributed by atoms with van der Waals surface area (Å²) < 4.78 is 0. The van der Waals surface area contributed by atoms with Gasteiger partial charge in [0.05, 0.1) is 0 Å². The summed E-state index contributed by atoms with van der Waals surface area (Å²) >= 11 is 0. The van der Waals surface area contributed by atoms with Gasteiger partial charge in [-0.3, -0.25) is 4.79 Å². The normalized spacial score (nSPS) is 13.3. The summed E-state index contributed by atoms with van der Waals surface area (Å²) in [7, 11) is 0. The predicted octanol–water partition coefficient (Wildman–Crippen LogP) is 7.90. The number of rotatable bonds is 16. The van der Waals surface area contributed by atoms with Crippen LogP contribution >= 0.6 is 0 Å². The zero-order valence-corrected chi connectivity index (χ0v) is 20.0. The molecular weight excluding hydrogens is 354 g/mol. The maximum absolute atomic E-state index is 13.4. The first-order chi connectivity index (χ1) is 14.1. The molecule has 2 atom stereocenters. The van der Waals surface area contributed by atoms with Crippen molar-refractivity contribution in [1.82, 2.24) is 4.90 Å². The van der Waals surface area contributed by atoms with Gasteiger partial charge in [0.15, 0.2) is 0 Å². The molecule has 0 aliphatic rings. The van der Waals surface area contributed by atoms with Crippen LogP contribution in [0, 0.1) is 11.8 Å². The fourth-order valence-electron chi connectivity index (χ4n) is 4.08. The van der Waals surface area contributed by atoms with E-state index in [-0.39, 0.29) is 5.91 Å². The van der Waals surface area contributed by atoms with Crippen LogP contribution in [0.25, 0.3) is 0 Å². The second kappa shape index (κ2) is 15.5. The van der Waals surface area contributed by atoms with Crippen LogP contribution in [0.3, 0.4) is 0 Å². The number of unbranched alkanes of at least 4 members (excludes halogenated alkanes) is 3. The number of hydrogen-bond acceptors (Lipinski definition) is 1. The van der Waals surface area contributed by atoms with Crippen LogP contribution in [-0.2, 0) is 6.42 Å². The Hall–Kier alpha value is -1.31. The Morgan fingerprint density at radius 2 is 1.24 bits per heavy atom. The molecule has 0 aromatic heterocycles. The Morgan fingerprint density at radius 3 is 1.66 bits per heavy atom. The third kappa shape index (κ3) is 9.83. The van der Waals surface area contributed by atoms with Gasteiger partial charge in [0.1, 0.15) is 0 Å². The van der Waals surface area contributed by atoms with Crippen molar-refractivity contribution in [2.45, 2.75) is 105 Å². The van der Waals surface area contributed by atoms with E-state index >= 15 is 0 Å². The summed E-state index contributed by atoms with van der Waals surface area (Å²) in [4.78, 5) is 15.6. The van der Waals surface area contributed by atoms with Gasteiger partial charge in [0, 0.05) is 18.7 Å². The smallest absolute Gasteiger partial charge is 0.253 e. The first kappa shape index (κ1) is 25.7. The monoisotopic (exact) mass is 401 g/mol. The molecule has 0 radical (unpaired) electrons.